The van der Waals surface area contributed by atoms with Crippen molar-refractivity contribution in [1.29, 1.82) is 0 Å². The normalized spacial score (nSPS) is 10.1. The molecule has 5 heteroatoms. The van der Waals surface area contributed by atoms with Gasteiger partial charge >= 0.3 is 0 Å². The summed E-state index contributed by atoms with van der Waals surface area (Å²) in [7, 11) is 1.54. The summed E-state index contributed by atoms with van der Waals surface area (Å²) in [6.45, 7) is 0.615. The molecule has 0 fully saturated rings. The van der Waals surface area contributed by atoms with Gasteiger partial charge in [0, 0.05) is 29.5 Å². The third kappa shape index (κ3) is 4.28. The molecule has 0 aliphatic rings. The van der Waals surface area contributed by atoms with Crippen LogP contribution in [0.1, 0.15) is 10.4 Å². The van der Waals surface area contributed by atoms with Crippen molar-refractivity contribution in [2.24, 2.45) is 0 Å². The summed E-state index contributed by atoms with van der Waals surface area (Å²) in [6, 6.07) is 13.5. The average Bonchev–Trinajstić information content (AvgIpc) is 2.52. The summed E-state index contributed by atoms with van der Waals surface area (Å²) in [5.41, 5.74) is 0.538. The van der Waals surface area contributed by atoms with E-state index >= 15 is 0 Å². The third-order valence-corrected chi connectivity index (χ3v) is 3.62. The van der Waals surface area contributed by atoms with E-state index in [0.29, 0.717) is 18.0 Å². The van der Waals surface area contributed by atoms with Gasteiger partial charge in [-0.05, 0) is 18.2 Å². The molecular weight excluding hydrogens is 272 g/mol. The number of nitrogens with zero attached hydrogens (tertiary/aromatic N) is 1. The fourth-order valence-electron chi connectivity index (χ4n) is 1.59. The Bertz CT molecular complexity index is 544. The van der Waals surface area contributed by atoms with Crippen LogP contribution >= 0.6 is 11.8 Å². The van der Waals surface area contributed by atoms with Gasteiger partial charge in [-0.3, -0.25) is 4.79 Å². The molecule has 0 unspecified atom stereocenters. The number of rotatable bonds is 6. The van der Waals surface area contributed by atoms with Crippen LogP contribution in [0.3, 0.4) is 0 Å². The topological polar surface area (TPSA) is 51.2 Å². The first-order chi connectivity index (χ1) is 9.79. The van der Waals surface area contributed by atoms with Crippen LogP contribution < -0.4 is 10.1 Å². The van der Waals surface area contributed by atoms with Gasteiger partial charge in [-0.1, -0.05) is 18.2 Å². The minimum atomic E-state index is -0.117. The smallest absolute Gasteiger partial charge is 0.252 e. The van der Waals surface area contributed by atoms with E-state index in [1.165, 1.54) is 11.1 Å². The minimum Gasteiger partial charge on any atom is -0.481 e. The fourth-order valence-corrected chi connectivity index (χ4v) is 2.38. The number of benzene rings is 1. The molecule has 4 nitrogen and oxygen atoms in total. The minimum absolute atomic E-state index is 0.117. The highest BCUT2D eigenvalue weighted by Gasteiger charge is 2.05. The first-order valence-corrected chi connectivity index (χ1v) is 7.24. The zero-order valence-electron chi connectivity index (χ0n) is 11.2. The summed E-state index contributed by atoms with van der Waals surface area (Å²) in [5.74, 6) is 1.22. The van der Waals surface area contributed by atoms with Crippen LogP contribution in [0.15, 0.2) is 53.6 Å². The van der Waals surface area contributed by atoms with Crippen LogP contribution in [-0.2, 0) is 0 Å². The lowest BCUT2D eigenvalue weighted by Gasteiger charge is -2.05. The van der Waals surface area contributed by atoms with Crippen molar-refractivity contribution in [2.45, 2.75) is 4.90 Å². The maximum Gasteiger partial charge on any atom is 0.252 e. The molecule has 0 atom stereocenters. The number of carbonyl (C=O) groups is 1. The lowest BCUT2D eigenvalue weighted by molar-refractivity contribution is 0.0955. The molecule has 0 saturated carbocycles. The molecule has 1 heterocycles. The number of pyridine rings is 1. The van der Waals surface area contributed by atoms with Crippen LogP contribution in [0.25, 0.3) is 0 Å². The van der Waals surface area contributed by atoms with E-state index in [0.717, 1.165) is 5.75 Å². The van der Waals surface area contributed by atoms with Crippen LogP contribution in [0.4, 0.5) is 0 Å². The van der Waals surface area contributed by atoms with Crippen molar-refractivity contribution in [3.05, 3.63) is 54.2 Å². The molecule has 1 N–H and O–H groups in total. The second-order valence-electron chi connectivity index (χ2n) is 4.01. The number of aromatic nitrogens is 1. The Kier molecular flexibility index (Phi) is 5.43. The third-order valence-electron chi connectivity index (χ3n) is 2.61. The summed E-state index contributed by atoms with van der Waals surface area (Å²) in [6.07, 6.45) is 1.51. The number of amides is 1. The first-order valence-electron chi connectivity index (χ1n) is 6.25. The van der Waals surface area contributed by atoms with Gasteiger partial charge in [0.25, 0.3) is 5.91 Å². The molecule has 0 saturated heterocycles. The lowest BCUT2D eigenvalue weighted by atomic mass is 10.2. The van der Waals surface area contributed by atoms with E-state index in [4.69, 9.17) is 4.74 Å². The average molecular weight is 288 g/mol. The zero-order valence-corrected chi connectivity index (χ0v) is 12.0. The van der Waals surface area contributed by atoms with E-state index < -0.39 is 0 Å². The van der Waals surface area contributed by atoms with Gasteiger partial charge in [0.15, 0.2) is 0 Å². The van der Waals surface area contributed by atoms with E-state index in [2.05, 4.69) is 22.4 Å². The number of carbonyl (C=O) groups excluding carboxylic acids is 1. The molecule has 0 radical (unpaired) electrons. The Balaban J connectivity index is 1.74. The van der Waals surface area contributed by atoms with Gasteiger partial charge in [0.1, 0.15) is 0 Å². The molecule has 1 aromatic heterocycles. The van der Waals surface area contributed by atoms with Gasteiger partial charge in [-0.15, -0.1) is 11.8 Å². The Hall–Kier alpha value is -2.01. The molecule has 0 bridgehead atoms. The van der Waals surface area contributed by atoms with Crippen molar-refractivity contribution >= 4 is 17.7 Å². The highest BCUT2D eigenvalue weighted by molar-refractivity contribution is 7.99. The molecule has 0 aliphatic heterocycles. The van der Waals surface area contributed by atoms with Gasteiger partial charge in [0.2, 0.25) is 5.88 Å². The maximum atomic E-state index is 11.9. The van der Waals surface area contributed by atoms with Crippen molar-refractivity contribution in [3.63, 3.8) is 0 Å². The molecule has 104 valence electrons. The molecule has 0 aliphatic carbocycles. The Morgan fingerprint density at radius 3 is 2.70 bits per heavy atom. The number of hydrogen-bond acceptors (Lipinski definition) is 4. The number of hydrogen-bond donors (Lipinski definition) is 1. The second kappa shape index (κ2) is 7.55. The van der Waals surface area contributed by atoms with E-state index in [1.54, 1.807) is 31.0 Å². The molecule has 20 heavy (non-hydrogen) atoms. The lowest BCUT2D eigenvalue weighted by Crippen LogP contribution is -2.25. The molecule has 1 amide bonds. The molecular formula is C15H16N2O2S. The van der Waals surface area contributed by atoms with Crippen LogP contribution in [0, 0.1) is 0 Å². The number of methoxy groups -OCH3 is 1. The predicted molar refractivity (Wildman–Crippen MR) is 80.3 cm³/mol. The second-order valence-corrected chi connectivity index (χ2v) is 5.17. The summed E-state index contributed by atoms with van der Waals surface area (Å²) in [5, 5.41) is 2.87. The standard InChI is InChI=1S/C15H16N2O2S/c1-19-14-8-7-12(11-17-14)15(18)16-9-10-20-13-5-3-2-4-6-13/h2-8,11H,9-10H2,1H3,(H,16,18). The van der Waals surface area contributed by atoms with Crippen LogP contribution in [-0.4, -0.2) is 30.3 Å². The fraction of sp³-hybridized carbons (Fsp3) is 0.200. The summed E-state index contributed by atoms with van der Waals surface area (Å²) >= 11 is 1.71. The van der Waals surface area contributed by atoms with Crippen molar-refractivity contribution in [1.82, 2.24) is 10.3 Å². The quantitative estimate of drug-likeness (QED) is 0.656. The van der Waals surface area contributed by atoms with Gasteiger partial charge < -0.3 is 10.1 Å². The van der Waals surface area contributed by atoms with Gasteiger partial charge in [-0.25, -0.2) is 4.98 Å². The highest BCUT2D eigenvalue weighted by Crippen LogP contribution is 2.15. The summed E-state index contributed by atoms with van der Waals surface area (Å²) in [4.78, 5) is 17.1. The molecule has 1 aromatic carbocycles. The Morgan fingerprint density at radius 1 is 1.25 bits per heavy atom. The molecule has 2 aromatic rings. The zero-order chi connectivity index (χ0) is 14.2. The SMILES string of the molecule is COc1ccc(C(=O)NCCSc2ccccc2)cn1. The monoisotopic (exact) mass is 288 g/mol. The number of thioether (sulfide) groups is 1. The van der Waals surface area contributed by atoms with Crippen molar-refractivity contribution in [3.8, 4) is 5.88 Å². The largest absolute Gasteiger partial charge is 0.481 e. The number of ether oxygens (including phenoxy) is 1. The predicted octanol–water partition coefficient (Wildman–Crippen LogP) is 2.61. The van der Waals surface area contributed by atoms with E-state index in [-0.39, 0.29) is 5.91 Å². The van der Waals surface area contributed by atoms with Gasteiger partial charge in [-0.2, -0.15) is 0 Å². The molecule has 2 rings (SSSR count). The number of nitrogens with one attached hydrogen (secondary N) is 1. The Morgan fingerprint density at radius 2 is 2.05 bits per heavy atom. The van der Waals surface area contributed by atoms with Crippen molar-refractivity contribution in [2.75, 3.05) is 19.4 Å². The van der Waals surface area contributed by atoms with Crippen LogP contribution in [0.5, 0.6) is 5.88 Å². The van der Waals surface area contributed by atoms with Crippen molar-refractivity contribution < 1.29 is 9.53 Å². The molecule has 0 spiro atoms. The summed E-state index contributed by atoms with van der Waals surface area (Å²) < 4.78 is 4.95. The maximum absolute atomic E-state index is 11.9. The van der Waals surface area contributed by atoms with Crippen LogP contribution in [0.2, 0.25) is 0 Å². The van der Waals surface area contributed by atoms with E-state index in [9.17, 15) is 4.79 Å². The Labute approximate surface area is 122 Å². The highest BCUT2D eigenvalue weighted by atomic mass is 32.2. The first kappa shape index (κ1) is 14.4. The van der Waals surface area contributed by atoms with Gasteiger partial charge in [0.05, 0.1) is 12.7 Å². The van der Waals surface area contributed by atoms with E-state index in [1.807, 2.05) is 18.2 Å².